The molecule has 1 fully saturated rings. The van der Waals surface area contributed by atoms with Crippen molar-refractivity contribution in [3.63, 3.8) is 0 Å². The molecule has 1 saturated heterocycles. The van der Waals surface area contributed by atoms with Gasteiger partial charge in [0.15, 0.2) is 0 Å². The lowest BCUT2D eigenvalue weighted by Crippen LogP contribution is -2.39. The van der Waals surface area contributed by atoms with Crippen molar-refractivity contribution in [3.8, 4) is 0 Å². The van der Waals surface area contributed by atoms with Crippen molar-refractivity contribution in [1.29, 1.82) is 0 Å². The molecule has 0 aliphatic carbocycles. The van der Waals surface area contributed by atoms with Crippen molar-refractivity contribution < 1.29 is 23.9 Å². The van der Waals surface area contributed by atoms with Gasteiger partial charge in [0.25, 0.3) is 0 Å². The van der Waals surface area contributed by atoms with Crippen LogP contribution in [-0.4, -0.2) is 44.1 Å². The monoisotopic (exact) mass is 340 g/mol. The first-order chi connectivity index (χ1) is 11.0. The van der Waals surface area contributed by atoms with Crippen LogP contribution in [-0.2, 0) is 19.1 Å². The highest BCUT2D eigenvalue weighted by Gasteiger charge is 2.20. The average molecular weight is 341 g/mol. The summed E-state index contributed by atoms with van der Waals surface area (Å²) in [7, 11) is 1.24. The highest BCUT2D eigenvalue weighted by atomic mass is 35.5. The normalized spacial score (nSPS) is 16.7. The number of methoxy groups -OCH3 is 1. The molecule has 1 aliphatic rings. The van der Waals surface area contributed by atoms with E-state index in [4.69, 9.17) is 16.3 Å². The average Bonchev–Trinajstić information content (AvgIpc) is 3.07. The van der Waals surface area contributed by atoms with Crippen LogP contribution < -0.4 is 10.6 Å². The quantitative estimate of drug-likeness (QED) is 0.637. The Balaban J connectivity index is 1.95. The Morgan fingerprint density at radius 1 is 1.35 bits per heavy atom. The minimum Gasteiger partial charge on any atom is -0.465 e. The number of hydrogen-bond acceptors (Lipinski definition) is 5. The van der Waals surface area contributed by atoms with Crippen molar-refractivity contribution >= 4 is 35.1 Å². The maximum absolute atomic E-state index is 11.9. The maximum Gasteiger partial charge on any atom is 0.337 e. The van der Waals surface area contributed by atoms with Gasteiger partial charge in [-0.05, 0) is 31.0 Å². The van der Waals surface area contributed by atoms with Gasteiger partial charge < -0.3 is 20.1 Å². The van der Waals surface area contributed by atoms with Gasteiger partial charge in [-0.1, -0.05) is 11.6 Å². The van der Waals surface area contributed by atoms with Gasteiger partial charge in [0.05, 0.1) is 29.5 Å². The van der Waals surface area contributed by atoms with E-state index in [0.717, 1.165) is 12.8 Å². The highest BCUT2D eigenvalue weighted by molar-refractivity contribution is 6.41. The first-order valence-electron chi connectivity index (χ1n) is 7.10. The molecule has 1 unspecified atom stereocenters. The van der Waals surface area contributed by atoms with E-state index >= 15 is 0 Å². The van der Waals surface area contributed by atoms with Gasteiger partial charge in [-0.15, -0.1) is 0 Å². The summed E-state index contributed by atoms with van der Waals surface area (Å²) in [5.41, 5.74) is 0.374. The first-order valence-corrected chi connectivity index (χ1v) is 7.47. The zero-order chi connectivity index (χ0) is 16.8. The Kier molecular flexibility index (Phi) is 5.95. The second kappa shape index (κ2) is 7.94. The molecule has 7 nitrogen and oxygen atoms in total. The van der Waals surface area contributed by atoms with E-state index in [9.17, 15) is 14.4 Å². The number of carbonyl (C=O) groups excluding carboxylic acids is 3. The van der Waals surface area contributed by atoms with Crippen LogP contribution in [0.4, 0.5) is 5.69 Å². The van der Waals surface area contributed by atoms with E-state index in [1.165, 1.54) is 25.3 Å². The number of hydrogen-bond donors (Lipinski definition) is 2. The van der Waals surface area contributed by atoms with Crippen LogP contribution >= 0.6 is 11.6 Å². The molecular formula is C15H17ClN2O5. The van der Waals surface area contributed by atoms with Gasteiger partial charge in [-0.25, -0.2) is 4.79 Å². The number of ether oxygens (including phenoxy) is 2. The van der Waals surface area contributed by atoms with E-state index in [2.05, 4.69) is 15.4 Å². The minimum atomic E-state index is -0.869. The number of carbonyl (C=O) groups is 3. The largest absolute Gasteiger partial charge is 0.465 e. The van der Waals surface area contributed by atoms with Crippen LogP contribution in [0.25, 0.3) is 0 Å². The molecule has 1 atom stereocenters. The van der Waals surface area contributed by atoms with E-state index in [0.29, 0.717) is 6.61 Å². The Morgan fingerprint density at radius 2 is 2.13 bits per heavy atom. The number of esters is 1. The van der Waals surface area contributed by atoms with Crippen LogP contribution in [0.3, 0.4) is 0 Å². The molecule has 2 N–H and O–H groups in total. The van der Waals surface area contributed by atoms with Gasteiger partial charge in [0.2, 0.25) is 0 Å². The van der Waals surface area contributed by atoms with Gasteiger partial charge in [0.1, 0.15) is 0 Å². The predicted molar refractivity (Wildman–Crippen MR) is 83.4 cm³/mol. The van der Waals surface area contributed by atoms with Gasteiger partial charge in [0, 0.05) is 13.2 Å². The van der Waals surface area contributed by atoms with Gasteiger partial charge in [-0.3, -0.25) is 9.59 Å². The summed E-state index contributed by atoms with van der Waals surface area (Å²) in [6.45, 7) is 0.949. The molecule has 1 aromatic carbocycles. The maximum atomic E-state index is 11.9. The molecule has 23 heavy (non-hydrogen) atoms. The minimum absolute atomic E-state index is 0.0574. The summed E-state index contributed by atoms with van der Waals surface area (Å²) < 4.78 is 9.95. The van der Waals surface area contributed by atoms with Crippen molar-refractivity contribution in [1.82, 2.24) is 5.32 Å². The van der Waals surface area contributed by atoms with Crippen LogP contribution in [0.1, 0.15) is 23.2 Å². The number of halogens is 1. The van der Waals surface area contributed by atoms with Gasteiger partial charge >= 0.3 is 17.8 Å². The number of rotatable bonds is 4. The standard InChI is InChI=1S/C15H17ClN2O5/c1-22-15(21)9-4-5-11(16)12(7-9)18-14(20)13(19)17-8-10-3-2-6-23-10/h4-5,7,10H,2-3,6,8H2,1H3,(H,17,19)(H,18,20). The number of nitrogens with one attached hydrogen (secondary N) is 2. The molecule has 1 heterocycles. The fraction of sp³-hybridized carbons (Fsp3) is 0.400. The zero-order valence-electron chi connectivity index (χ0n) is 12.6. The molecule has 2 rings (SSSR count). The Morgan fingerprint density at radius 3 is 2.78 bits per heavy atom. The lowest BCUT2D eigenvalue weighted by molar-refractivity contribution is -0.136. The van der Waals surface area contributed by atoms with E-state index in [1.807, 2.05) is 0 Å². The Labute approximate surface area is 138 Å². The fourth-order valence-corrected chi connectivity index (χ4v) is 2.30. The lowest BCUT2D eigenvalue weighted by atomic mass is 10.2. The third kappa shape index (κ3) is 4.67. The fourth-order valence-electron chi connectivity index (χ4n) is 2.14. The van der Waals surface area contributed by atoms with Crippen molar-refractivity contribution in [2.24, 2.45) is 0 Å². The summed E-state index contributed by atoms with van der Waals surface area (Å²) in [4.78, 5) is 35.1. The summed E-state index contributed by atoms with van der Waals surface area (Å²) in [5, 5.41) is 5.08. The second-order valence-electron chi connectivity index (χ2n) is 4.99. The third-order valence-corrected chi connectivity index (χ3v) is 3.69. The third-order valence-electron chi connectivity index (χ3n) is 3.36. The number of amides is 2. The predicted octanol–water partition coefficient (Wildman–Crippen LogP) is 1.36. The molecule has 8 heteroatoms. The first kappa shape index (κ1) is 17.2. The Hall–Kier alpha value is -2.12. The molecule has 124 valence electrons. The van der Waals surface area contributed by atoms with Crippen molar-refractivity contribution in [2.75, 3.05) is 25.6 Å². The van der Waals surface area contributed by atoms with Crippen LogP contribution in [0.15, 0.2) is 18.2 Å². The second-order valence-corrected chi connectivity index (χ2v) is 5.39. The molecule has 1 aromatic rings. The summed E-state index contributed by atoms with van der Waals surface area (Å²) in [6.07, 6.45) is 1.75. The highest BCUT2D eigenvalue weighted by Crippen LogP contribution is 2.23. The molecule has 0 radical (unpaired) electrons. The molecule has 2 amide bonds. The van der Waals surface area contributed by atoms with Gasteiger partial charge in [-0.2, -0.15) is 0 Å². The lowest BCUT2D eigenvalue weighted by Gasteiger charge is -2.11. The van der Waals surface area contributed by atoms with Crippen LogP contribution in [0.2, 0.25) is 5.02 Å². The van der Waals surface area contributed by atoms with Crippen molar-refractivity contribution in [2.45, 2.75) is 18.9 Å². The van der Waals surface area contributed by atoms with Crippen LogP contribution in [0.5, 0.6) is 0 Å². The molecule has 0 bridgehead atoms. The number of anilines is 1. The van der Waals surface area contributed by atoms with E-state index in [-0.39, 0.29) is 28.9 Å². The van der Waals surface area contributed by atoms with Crippen molar-refractivity contribution in [3.05, 3.63) is 28.8 Å². The molecule has 0 spiro atoms. The van der Waals surface area contributed by atoms with E-state index in [1.54, 1.807) is 0 Å². The number of benzene rings is 1. The van der Waals surface area contributed by atoms with E-state index < -0.39 is 17.8 Å². The summed E-state index contributed by atoms with van der Waals surface area (Å²) >= 11 is 5.95. The summed E-state index contributed by atoms with van der Waals surface area (Å²) in [6, 6.07) is 4.24. The topological polar surface area (TPSA) is 93.7 Å². The molecular weight excluding hydrogens is 324 g/mol. The molecule has 0 saturated carbocycles. The zero-order valence-corrected chi connectivity index (χ0v) is 13.3. The van der Waals surface area contributed by atoms with Crippen LogP contribution in [0, 0.1) is 0 Å². The molecule has 0 aromatic heterocycles. The Bertz CT molecular complexity index is 614. The summed E-state index contributed by atoms with van der Waals surface area (Å²) in [5.74, 6) is -2.23. The SMILES string of the molecule is COC(=O)c1ccc(Cl)c(NC(=O)C(=O)NCC2CCCO2)c1. The smallest absolute Gasteiger partial charge is 0.337 e. The molecule has 1 aliphatic heterocycles.